The SMILES string of the molecule is COCCOc1ccc(NCc2ccnn2C)cn1. The number of hydrogen-bond acceptors (Lipinski definition) is 5. The molecule has 0 amide bonds. The molecule has 0 aliphatic heterocycles. The Hall–Kier alpha value is -2.08. The summed E-state index contributed by atoms with van der Waals surface area (Å²) < 4.78 is 12.1. The van der Waals surface area contributed by atoms with E-state index in [4.69, 9.17) is 9.47 Å². The fourth-order valence-corrected chi connectivity index (χ4v) is 1.57. The number of rotatable bonds is 7. The molecule has 0 spiro atoms. The van der Waals surface area contributed by atoms with Crippen LogP contribution >= 0.6 is 0 Å². The predicted molar refractivity (Wildman–Crippen MR) is 72.1 cm³/mol. The zero-order valence-electron chi connectivity index (χ0n) is 11.2. The fourth-order valence-electron chi connectivity index (χ4n) is 1.57. The van der Waals surface area contributed by atoms with Crippen LogP contribution in [0.2, 0.25) is 0 Å². The van der Waals surface area contributed by atoms with Gasteiger partial charge in [0.05, 0.1) is 30.7 Å². The molecule has 6 heteroatoms. The van der Waals surface area contributed by atoms with E-state index in [-0.39, 0.29) is 0 Å². The normalized spacial score (nSPS) is 10.4. The maximum absolute atomic E-state index is 5.39. The van der Waals surface area contributed by atoms with Gasteiger partial charge in [0.25, 0.3) is 0 Å². The number of pyridine rings is 1. The number of nitrogens with zero attached hydrogens (tertiary/aromatic N) is 3. The number of hydrogen-bond donors (Lipinski definition) is 1. The van der Waals surface area contributed by atoms with E-state index in [9.17, 15) is 0 Å². The van der Waals surface area contributed by atoms with Gasteiger partial charge >= 0.3 is 0 Å². The Morgan fingerprint density at radius 2 is 2.16 bits per heavy atom. The largest absolute Gasteiger partial charge is 0.475 e. The molecule has 0 radical (unpaired) electrons. The van der Waals surface area contributed by atoms with Crippen molar-refractivity contribution in [1.82, 2.24) is 14.8 Å². The topological polar surface area (TPSA) is 61.2 Å². The summed E-state index contributed by atoms with van der Waals surface area (Å²) in [6.45, 7) is 1.77. The highest BCUT2D eigenvalue weighted by Crippen LogP contribution is 2.12. The van der Waals surface area contributed by atoms with Crippen LogP contribution in [0.15, 0.2) is 30.6 Å². The van der Waals surface area contributed by atoms with Crippen LogP contribution in [0, 0.1) is 0 Å². The van der Waals surface area contributed by atoms with Gasteiger partial charge in [-0.05, 0) is 12.1 Å². The van der Waals surface area contributed by atoms with Gasteiger partial charge in [0.1, 0.15) is 6.61 Å². The smallest absolute Gasteiger partial charge is 0.213 e. The lowest BCUT2D eigenvalue weighted by atomic mass is 10.3. The molecule has 2 aromatic heterocycles. The van der Waals surface area contributed by atoms with Gasteiger partial charge in [0.15, 0.2) is 0 Å². The van der Waals surface area contributed by atoms with E-state index in [2.05, 4.69) is 15.4 Å². The standard InChI is InChI=1S/C13H18N4O2/c1-17-12(5-6-16-17)10-14-11-3-4-13(15-9-11)19-8-7-18-2/h3-6,9,14H,7-8,10H2,1-2H3. The molecular formula is C13H18N4O2. The molecule has 0 aliphatic rings. The lowest BCUT2D eigenvalue weighted by Gasteiger charge is -2.08. The van der Waals surface area contributed by atoms with Crippen LogP contribution in [0.5, 0.6) is 5.88 Å². The first-order chi connectivity index (χ1) is 9.29. The van der Waals surface area contributed by atoms with Crippen molar-refractivity contribution in [2.24, 2.45) is 7.05 Å². The van der Waals surface area contributed by atoms with E-state index >= 15 is 0 Å². The van der Waals surface area contributed by atoms with E-state index in [0.717, 1.165) is 11.4 Å². The van der Waals surface area contributed by atoms with Crippen molar-refractivity contribution in [3.05, 3.63) is 36.3 Å². The zero-order valence-corrected chi connectivity index (χ0v) is 11.2. The lowest BCUT2D eigenvalue weighted by Crippen LogP contribution is -2.07. The van der Waals surface area contributed by atoms with E-state index in [1.807, 2.05) is 29.9 Å². The van der Waals surface area contributed by atoms with Crippen LogP contribution in [-0.4, -0.2) is 35.1 Å². The number of aryl methyl sites for hydroxylation is 1. The van der Waals surface area contributed by atoms with Gasteiger partial charge < -0.3 is 14.8 Å². The highest BCUT2D eigenvalue weighted by atomic mass is 16.5. The van der Waals surface area contributed by atoms with Crippen molar-refractivity contribution < 1.29 is 9.47 Å². The molecule has 0 fully saturated rings. The Morgan fingerprint density at radius 3 is 2.79 bits per heavy atom. The molecule has 0 atom stereocenters. The first kappa shape index (κ1) is 13.4. The van der Waals surface area contributed by atoms with Crippen LogP contribution in [-0.2, 0) is 18.3 Å². The second kappa shape index (κ2) is 6.75. The third kappa shape index (κ3) is 3.96. The van der Waals surface area contributed by atoms with Crippen LogP contribution in [0.4, 0.5) is 5.69 Å². The molecule has 0 saturated carbocycles. The molecule has 0 aliphatic carbocycles. The maximum Gasteiger partial charge on any atom is 0.213 e. The van der Waals surface area contributed by atoms with Crippen molar-refractivity contribution in [3.63, 3.8) is 0 Å². The molecular weight excluding hydrogens is 244 g/mol. The Labute approximate surface area is 112 Å². The summed E-state index contributed by atoms with van der Waals surface area (Å²) in [5.74, 6) is 0.600. The van der Waals surface area contributed by atoms with E-state index in [1.165, 1.54) is 0 Å². The molecule has 6 nitrogen and oxygen atoms in total. The van der Waals surface area contributed by atoms with Gasteiger partial charge in [-0.25, -0.2) is 4.98 Å². The number of nitrogens with one attached hydrogen (secondary N) is 1. The Balaban J connectivity index is 1.83. The summed E-state index contributed by atoms with van der Waals surface area (Å²) in [4.78, 5) is 4.21. The minimum absolute atomic E-state index is 0.505. The molecule has 0 aromatic carbocycles. The molecule has 19 heavy (non-hydrogen) atoms. The van der Waals surface area contributed by atoms with Crippen molar-refractivity contribution in [2.75, 3.05) is 25.6 Å². The van der Waals surface area contributed by atoms with Crippen LogP contribution in [0.25, 0.3) is 0 Å². The summed E-state index contributed by atoms with van der Waals surface area (Å²) >= 11 is 0. The highest BCUT2D eigenvalue weighted by molar-refractivity contribution is 5.42. The second-order valence-electron chi connectivity index (χ2n) is 4.03. The fraction of sp³-hybridized carbons (Fsp3) is 0.385. The number of aromatic nitrogens is 3. The van der Waals surface area contributed by atoms with E-state index in [0.29, 0.717) is 25.6 Å². The van der Waals surface area contributed by atoms with Crippen molar-refractivity contribution in [1.29, 1.82) is 0 Å². The Morgan fingerprint density at radius 1 is 1.26 bits per heavy atom. The zero-order chi connectivity index (χ0) is 13.5. The van der Waals surface area contributed by atoms with Crippen LogP contribution in [0.1, 0.15) is 5.69 Å². The van der Waals surface area contributed by atoms with E-state index < -0.39 is 0 Å². The summed E-state index contributed by atoms with van der Waals surface area (Å²) in [5.41, 5.74) is 2.06. The highest BCUT2D eigenvalue weighted by Gasteiger charge is 2.00. The third-order valence-corrected chi connectivity index (χ3v) is 2.67. The summed E-state index contributed by atoms with van der Waals surface area (Å²) in [7, 11) is 3.56. The molecule has 1 N–H and O–H groups in total. The molecule has 102 valence electrons. The average Bonchev–Trinajstić information content (AvgIpc) is 2.84. The van der Waals surface area contributed by atoms with Crippen LogP contribution < -0.4 is 10.1 Å². The maximum atomic E-state index is 5.39. The van der Waals surface area contributed by atoms with Crippen LogP contribution in [0.3, 0.4) is 0 Å². The first-order valence-electron chi connectivity index (χ1n) is 6.08. The van der Waals surface area contributed by atoms with Gasteiger partial charge in [-0.15, -0.1) is 0 Å². The Kier molecular flexibility index (Phi) is 4.74. The quantitative estimate of drug-likeness (QED) is 0.765. The molecule has 0 bridgehead atoms. The van der Waals surface area contributed by atoms with Gasteiger partial charge in [0.2, 0.25) is 5.88 Å². The number of methoxy groups -OCH3 is 1. The van der Waals surface area contributed by atoms with Crippen molar-refractivity contribution >= 4 is 5.69 Å². The first-order valence-corrected chi connectivity index (χ1v) is 6.08. The molecule has 0 saturated heterocycles. The monoisotopic (exact) mass is 262 g/mol. The summed E-state index contributed by atoms with van der Waals surface area (Å²) in [5, 5.41) is 7.39. The molecule has 2 aromatic rings. The minimum atomic E-state index is 0.505. The van der Waals surface area contributed by atoms with Gasteiger partial charge in [-0.2, -0.15) is 5.10 Å². The third-order valence-electron chi connectivity index (χ3n) is 2.67. The van der Waals surface area contributed by atoms with Gasteiger partial charge in [0, 0.05) is 26.4 Å². The van der Waals surface area contributed by atoms with Gasteiger partial charge in [-0.1, -0.05) is 0 Å². The predicted octanol–water partition coefficient (Wildman–Crippen LogP) is 1.45. The average molecular weight is 262 g/mol. The number of anilines is 1. The molecule has 2 rings (SSSR count). The lowest BCUT2D eigenvalue weighted by molar-refractivity contribution is 0.144. The van der Waals surface area contributed by atoms with E-state index in [1.54, 1.807) is 19.5 Å². The summed E-state index contributed by atoms with van der Waals surface area (Å²) in [6.07, 6.45) is 3.53. The molecule has 0 unspecified atom stereocenters. The summed E-state index contributed by atoms with van der Waals surface area (Å²) in [6, 6.07) is 5.75. The number of ether oxygens (including phenoxy) is 2. The van der Waals surface area contributed by atoms with Crippen molar-refractivity contribution in [3.8, 4) is 5.88 Å². The van der Waals surface area contributed by atoms with Crippen molar-refractivity contribution in [2.45, 2.75) is 6.54 Å². The molecule has 2 heterocycles. The Bertz CT molecular complexity index is 496. The van der Waals surface area contributed by atoms with Gasteiger partial charge in [-0.3, -0.25) is 4.68 Å². The second-order valence-corrected chi connectivity index (χ2v) is 4.03. The minimum Gasteiger partial charge on any atom is -0.475 e.